The van der Waals surface area contributed by atoms with Gasteiger partial charge in [0.15, 0.2) is 12.6 Å². The van der Waals surface area contributed by atoms with Gasteiger partial charge in [0.25, 0.3) is 0 Å². The van der Waals surface area contributed by atoms with E-state index in [1.165, 1.54) is 167 Å². The fraction of sp³-hybridized carbons (Fsp3) is 0.945. The molecule has 0 aromatic carbocycles. The number of carbonyl (C=O) groups is 1. The number of unbranched alkanes of at least 4 members (excludes halogenated alkanes) is 30. The van der Waals surface area contributed by atoms with Gasteiger partial charge in [-0.2, -0.15) is 0 Å². The second kappa shape index (κ2) is 43.2. The van der Waals surface area contributed by atoms with Gasteiger partial charge in [-0.15, -0.1) is 0 Å². The number of aliphatic hydroxyl groups excluding tert-OH is 7. The van der Waals surface area contributed by atoms with E-state index in [1.54, 1.807) is 0 Å². The van der Waals surface area contributed by atoms with Gasteiger partial charge < -0.3 is 64.2 Å². The molecule has 11 unspecified atom stereocenters. The quantitative estimate of drug-likeness (QED) is 0.0172. The number of esters is 1. The maximum absolute atomic E-state index is 13.0. The van der Waals surface area contributed by atoms with Gasteiger partial charge in [0.2, 0.25) is 0 Å². The minimum absolute atomic E-state index is 0.0653. The van der Waals surface area contributed by atoms with Crippen molar-refractivity contribution >= 4 is 5.97 Å². The van der Waals surface area contributed by atoms with Crippen LogP contribution in [0.2, 0.25) is 0 Å². The third kappa shape index (κ3) is 30.5. The average molecular weight is 989 g/mol. The summed E-state index contributed by atoms with van der Waals surface area (Å²) in [5.41, 5.74) is 0. The van der Waals surface area contributed by atoms with Gasteiger partial charge in [0.1, 0.15) is 54.9 Å². The van der Waals surface area contributed by atoms with Crippen LogP contribution >= 0.6 is 0 Å². The Balaban J connectivity index is 1.73. The maximum atomic E-state index is 13.0. The van der Waals surface area contributed by atoms with Crippen molar-refractivity contribution in [2.75, 3.05) is 33.0 Å². The molecule has 69 heavy (non-hydrogen) atoms. The van der Waals surface area contributed by atoms with Crippen molar-refractivity contribution in [2.45, 2.75) is 300 Å². The lowest BCUT2D eigenvalue weighted by Crippen LogP contribution is -2.61. The standard InChI is InChI=1S/C55H104O14/c1-3-5-7-9-11-13-15-17-19-21-23-25-27-29-31-33-35-37-39-64-41-44(67-47(57)38-36-34-32-30-28-26-24-22-20-18-16-14-12-10-8-6-4-2)42-65-54-53(63)51(61)49(59)46(69-54)43-66-55-52(62)50(60)48(58)45(40-56)68-55/h17,19,44-46,48-56,58-63H,3-16,18,20-43H2,1-2H3/b19-17-. The van der Waals surface area contributed by atoms with E-state index in [0.29, 0.717) is 13.0 Å². The van der Waals surface area contributed by atoms with Crippen LogP contribution in [0, 0.1) is 0 Å². The van der Waals surface area contributed by atoms with Gasteiger partial charge in [-0.3, -0.25) is 4.79 Å². The summed E-state index contributed by atoms with van der Waals surface area (Å²) in [6, 6.07) is 0. The zero-order valence-electron chi connectivity index (χ0n) is 43.6. The average Bonchev–Trinajstić information content (AvgIpc) is 3.35. The second-order valence-electron chi connectivity index (χ2n) is 20.1. The normalized spacial score (nSPS) is 25.7. The lowest BCUT2D eigenvalue weighted by molar-refractivity contribution is -0.332. The second-order valence-corrected chi connectivity index (χ2v) is 20.1. The minimum Gasteiger partial charge on any atom is -0.457 e. The third-order valence-corrected chi connectivity index (χ3v) is 13.8. The highest BCUT2D eigenvalue weighted by Crippen LogP contribution is 2.27. The fourth-order valence-electron chi connectivity index (χ4n) is 9.16. The van der Waals surface area contributed by atoms with Crippen molar-refractivity contribution in [3.63, 3.8) is 0 Å². The van der Waals surface area contributed by atoms with Crippen molar-refractivity contribution in [1.82, 2.24) is 0 Å². The topological polar surface area (TPSA) is 214 Å². The monoisotopic (exact) mass is 989 g/mol. The number of hydrogen-bond acceptors (Lipinski definition) is 14. The molecule has 0 bridgehead atoms. The van der Waals surface area contributed by atoms with Crippen molar-refractivity contribution < 1.29 is 69.0 Å². The lowest BCUT2D eigenvalue weighted by atomic mass is 9.98. The van der Waals surface area contributed by atoms with Crippen LogP contribution in [-0.2, 0) is 33.2 Å². The maximum Gasteiger partial charge on any atom is 0.306 e. The molecule has 0 aliphatic carbocycles. The molecule has 0 amide bonds. The summed E-state index contributed by atoms with van der Waals surface area (Å²) < 4.78 is 34.4. The zero-order valence-corrected chi connectivity index (χ0v) is 43.6. The Morgan fingerprint density at radius 3 is 1.32 bits per heavy atom. The van der Waals surface area contributed by atoms with Gasteiger partial charge >= 0.3 is 5.97 Å². The molecule has 0 saturated carbocycles. The number of aliphatic hydroxyl groups is 7. The summed E-state index contributed by atoms with van der Waals surface area (Å²) in [5, 5.41) is 72.3. The molecule has 2 aliphatic heterocycles. The minimum atomic E-state index is -1.70. The SMILES string of the molecule is CCCCCCCC/C=C\CCCCCCCCCCOCC(COC1OC(COC2OC(CO)C(O)C(O)C2O)C(O)C(O)C1O)OC(=O)CCCCCCCCCCCCCCCCCCC. The van der Waals surface area contributed by atoms with Gasteiger partial charge in [0.05, 0.1) is 26.4 Å². The van der Waals surface area contributed by atoms with Crippen LogP contribution in [-0.4, -0.2) is 142 Å². The molecule has 2 aliphatic rings. The molecule has 2 fully saturated rings. The number of ether oxygens (including phenoxy) is 6. The Morgan fingerprint density at radius 1 is 0.464 bits per heavy atom. The van der Waals surface area contributed by atoms with Crippen LogP contribution in [0.5, 0.6) is 0 Å². The van der Waals surface area contributed by atoms with E-state index in [1.807, 2.05) is 0 Å². The first-order valence-corrected chi connectivity index (χ1v) is 28.3. The highest BCUT2D eigenvalue weighted by Gasteiger charge is 2.47. The molecular weight excluding hydrogens is 885 g/mol. The van der Waals surface area contributed by atoms with Crippen molar-refractivity contribution in [2.24, 2.45) is 0 Å². The van der Waals surface area contributed by atoms with Crippen molar-refractivity contribution in [1.29, 1.82) is 0 Å². The van der Waals surface area contributed by atoms with E-state index in [4.69, 9.17) is 28.4 Å². The number of allylic oxidation sites excluding steroid dienone is 2. The van der Waals surface area contributed by atoms with E-state index < -0.39 is 80.7 Å². The lowest BCUT2D eigenvalue weighted by Gasteiger charge is -2.42. The molecule has 2 heterocycles. The Hall–Kier alpha value is -1.27. The van der Waals surface area contributed by atoms with E-state index in [9.17, 15) is 40.5 Å². The summed E-state index contributed by atoms with van der Waals surface area (Å²) in [6.07, 6.45) is 29.8. The first-order chi connectivity index (χ1) is 33.6. The van der Waals surface area contributed by atoms with Gasteiger partial charge in [-0.1, -0.05) is 199 Å². The van der Waals surface area contributed by atoms with Gasteiger partial charge in [-0.25, -0.2) is 0 Å². The summed E-state index contributed by atoms with van der Waals surface area (Å²) in [7, 11) is 0. The summed E-state index contributed by atoms with van der Waals surface area (Å²) in [4.78, 5) is 13.0. The zero-order chi connectivity index (χ0) is 50.2. The number of hydrogen-bond donors (Lipinski definition) is 7. The van der Waals surface area contributed by atoms with E-state index in [0.717, 1.165) is 38.5 Å². The third-order valence-electron chi connectivity index (χ3n) is 13.8. The molecule has 408 valence electrons. The van der Waals surface area contributed by atoms with E-state index >= 15 is 0 Å². The molecule has 2 rings (SSSR count). The highest BCUT2D eigenvalue weighted by molar-refractivity contribution is 5.69. The first-order valence-electron chi connectivity index (χ1n) is 28.3. The molecule has 0 radical (unpaired) electrons. The fourth-order valence-corrected chi connectivity index (χ4v) is 9.16. The van der Waals surface area contributed by atoms with E-state index in [-0.39, 0.29) is 25.6 Å². The first kappa shape index (κ1) is 63.8. The molecule has 7 N–H and O–H groups in total. The van der Waals surface area contributed by atoms with Crippen LogP contribution < -0.4 is 0 Å². The molecule has 0 aromatic heterocycles. The number of carbonyl (C=O) groups excluding carboxylic acids is 1. The predicted molar refractivity (Wildman–Crippen MR) is 271 cm³/mol. The highest BCUT2D eigenvalue weighted by atomic mass is 16.7. The molecule has 11 atom stereocenters. The van der Waals surface area contributed by atoms with Crippen LogP contribution in [0.4, 0.5) is 0 Å². The van der Waals surface area contributed by atoms with Crippen molar-refractivity contribution in [3.05, 3.63) is 12.2 Å². The molecule has 0 aromatic rings. The van der Waals surface area contributed by atoms with Gasteiger partial charge in [0, 0.05) is 13.0 Å². The molecule has 0 spiro atoms. The molecule has 2 saturated heterocycles. The van der Waals surface area contributed by atoms with E-state index in [2.05, 4.69) is 26.0 Å². The Labute approximate surface area is 418 Å². The summed E-state index contributed by atoms with van der Waals surface area (Å²) in [6.45, 7) is 3.73. The molecule has 14 heteroatoms. The van der Waals surface area contributed by atoms with Crippen LogP contribution in [0.25, 0.3) is 0 Å². The smallest absolute Gasteiger partial charge is 0.306 e. The Bertz CT molecular complexity index is 1190. The molecular formula is C55H104O14. The van der Waals surface area contributed by atoms with Crippen LogP contribution in [0.3, 0.4) is 0 Å². The van der Waals surface area contributed by atoms with Crippen molar-refractivity contribution in [3.8, 4) is 0 Å². The van der Waals surface area contributed by atoms with Gasteiger partial charge in [-0.05, 0) is 38.5 Å². The summed E-state index contributed by atoms with van der Waals surface area (Å²) >= 11 is 0. The largest absolute Gasteiger partial charge is 0.457 e. The summed E-state index contributed by atoms with van der Waals surface area (Å²) in [5.74, 6) is -0.372. The van der Waals surface area contributed by atoms with Crippen LogP contribution in [0.15, 0.2) is 12.2 Å². The predicted octanol–water partition coefficient (Wildman–Crippen LogP) is 9.41. The number of rotatable bonds is 46. The Morgan fingerprint density at radius 2 is 0.855 bits per heavy atom. The van der Waals surface area contributed by atoms with Crippen LogP contribution in [0.1, 0.15) is 232 Å². The molecule has 14 nitrogen and oxygen atoms in total. The Kier molecular flexibility index (Phi) is 39.9.